The van der Waals surface area contributed by atoms with Crippen molar-refractivity contribution >= 4 is 17.4 Å². The third-order valence-corrected chi connectivity index (χ3v) is 10.0. The molecule has 2 saturated carbocycles. The van der Waals surface area contributed by atoms with Crippen molar-refractivity contribution in [3.05, 3.63) is 77.9 Å². The van der Waals surface area contributed by atoms with E-state index in [0.29, 0.717) is 11.8 Å². The molecular formula is C32H35FN6O2. The molecule has 0 bridgehead atoms. The number of fused-ring (bicyclic) bond motifs is 2. The van der Waals surface area contributed by atoms with E-state index < -0.39 is 6.61 Å². The molecule has 7 rings (SSSR count). The van der Waals surface area contributed by atoms with Gasteiger partial charge in [0, 0.05) is 30.7 Å². The highest BCUT2D eigenvalue weighted by atomic mass is 19.1. The van der Waals surface area contributed by atoms with Crippen molar-refractivity contribution in [1.29, 1.82) is 0 Å². The maximum Gasteiger partial charge on any atom is 0.248 e. The normalized spacial score (nSPS) is 27.2. The number of pyridine rings is 1. The summed E-state index contributed by atoms with van der Waals surface area (Å²) in [6, 6.07) is 17.3. The number of aromatic nitrogens is 4. The van der Waals surface area contributed by atoms with E-state index in [1.54, 1.807) is 24.1 Å². The molecule has 3 aliphatic rings. The molecule has 4 heterocycles. The number of halogens is 1. The highest BCUT2D eigenvalue weighted by Crippen LogP contribution is 2.66. The first-order valence-corrected chi connectivity index (χ1v) is 14.6. The number of hydrogen-bond donors (Lipinski definition) is 1. The first-order valence-electron chi connectivity index (χ1n) is 14.6. The number of carbonyl (C=O) groups is 1. The number of benzene rings is 1. The summed E-state index contributed by atoms with van der Waals surface area (Å²) in [4.78, 5) is 25.9. The number of nitrogens with zero attached hydrogens (tertiary/aromatic N) is 6. The molecular weight excluding hydrogens is 519 g/mol. The molecule has 8 nitrogen and oxygen atoms in total. The Kier molecular flexibility index (Phi) is 6.30. The molecule has 9 heteroatoms. The van der Waals surface area contributed by atoms with Gasteiger partial charge in [-0.25, -0.2) is 13.9 Å². The molecule has 1 saturated heterocycles. The van der Waals surface area contributed by atoms with E-state index in [1.165, 1.54) is 6.07 Å². The van der Waals surface area contributed by atoms with Crippen molar-refractivity contribution in [3.63, 3.8) is 0 Å². The zero-order valence-electron chi connectivity index (χ0n) is 23.4. The topological polar surface area (TPSA) is 86.9 Å². The van der Waals surface area contributed by atoms with Crippen molar-refractivity contribution in [1.82, 2.24) is 24.5 Å². The standard InChI is InChI=1S/C32H35FN6O2/c1-32(23-12-11-22(17-24(23)32)37(2)31(41)19-40)28-10-4-8-25(35-28)27-18-34-29-13-14-30(36-39(27)29)38-15-5-9-26(38)20-6-3-7-21(33)16-20/h3-4,6-8,10,13-14,16,18,22-24,26,40H,5,9,11-12,15,17,19H2,1-2H3/t22-,23?,24?,26?,32?/m1/s1. The van der Waals surface area contributed by atoms with Crippen LogP contribution in [0.15, 0.2) is 60.8 Å². The van der Waals surface area contributed by atoms with Gasteiger partial charge < -0.3 is 14.9 Å². The first-order chi connectivity index (χ1) is 19.9. The third-order valence-electron chi connectivity index (χ3n) is 10.0. The summed E-state index contributed by atoms with van der Waals surface area (Å²) < 4.78 is 15.9. The second-order valence-corrected chi connectivity index (χ2v) is 12.0. The summed E-state index contributed by atoms with van der Waals surface area (Å²) in [5.41, 5.74) is 4.42. The predicted molar refractivity (Wildman–Crippen MR) is 154 cm³/mol. The van der Waals surface area contributed by atoms with E-state index in [4.69, 9.17) is 10.1 Å². The summed E-state index contributed by atoms with van der Waals surface area (Å²) >= 11 is 0. The molecule has 4 unspecified atom stereocenters. The number of aliphatic hydroxyl groups is 1. The van der Waals surface area contributed by atoms with Crippen LogP contribution < -0.4 is 4.90 Å². The van der Waals surface area contributed by atoms with Crippen LogP contribution in [0.4, 0.5) is 10.2 Å². The molecule has 0 spiro atoms. The quantitative estimate of drug-likeness (QED) is 0.369. The van der Waals surface area contributed by atoms with Gasteiger partial charge in [0.25, 0.3) is 0 Å². The summed E-state index contributed by atoms with van der Waals surface area (Å²) in [5.74, 6) is 1.41. The van der Waals surface area contributed by atoms with Gasteiger partial charge in [0.05, 0.1) is 17.9 Å². The molecule has 3 aromatic heterocycles. The summed E-state index contributed by atoms with van der Waals surface area (Å²) in [6.45, 7) is 2.72. The zero-order valence-corrected chi connectivity index (χ0v) is 23.4. The van der Waals surface area contributed by atoms with Crippen molar-refractivity contribution in [2.45, 2.75) is 56.5 Å². The molecule has 1 amide bonds. The average Bonchev–Trinajstić information content (AvgIpc) is 3.35. The predicted octanol–water partition coefficient (Wildman–Crippen LogP) is 4.78. The molecule has 2 aliphatic carbocycles. The van der Waals surface area contributed by atoms with E-state index in [9.17, 15) is 14.3 Å². The smallest absolute Gasteiger partial charge is 0.248 e. The van der Waals surface area contributed by atoms with Crippen LogP contribution in [0, 0.1) is 17.7 Å². The fourth-order valence-electron chi connectivity index (χ4n) is 7.61. The highest BCUT2D eigenvalue weighted by molar-refractivity contribution is 5.77. The van der Waals surface area contributed by atoms with Crippen molar-refractivity contribution in [3.8, 4) is 11.4 Å². The van der Waals surface area contributed by atoms with Gasteiger partial charge in [-0.2, -0.15) is 0 Å². The summed E-state index contributed by atoms with van der Waals surface area (Å²) in [7, 11) is 1.80. The monoisotopic (exact) mass is 554 g/mol. The Morgan fingerprint density at radius 3 is 2.80 bits per heavy atom. The largest absolute Gasteiger partial charge is 0.387 e. The first kappa shape index (κ1) is 26.1. The van der Waals surface area contributed by atoms with Crippen LogP contribution in [0.5, 0.6) is 0 Å². The Morgan fingerprint density at radius 2 is 1.98 bits per heavy atom. The van der Waals surface area contributed by atoms with Crippen LogP contribution in [-0.2, 0) is 10.2 Å². The van der Waals surface area contributed by atoms with Gasteiger partial charge in [0.15, 0.2) is 5.65 Å². The van der Waals surface area contributed by atoms with Gasteiger partial charge in [-0.3, -0.25) is 9.78 Å². The van der Waals surface area contributed by atoms with Crippen LogP contribution in [0.1, 0.15) is 56.3 Å². The lowest BCUT2D eigenvalue weighted by Crippen LogP contribution is -2.40. The number of amides is 1. The van der Waals surface area contributed by atoms with Gasteiger partial charge >= 0.3 is 0 Å². The maximum atomic E-state index is 14.0. The minimum Gasteiger partial charge on any atom is -0.387 e. The second kappa shape index (κ2) is 9.91. The second-order valence-electron chi connectivity index (χ2n) is 12.0. The number of rotatable bonds is 6. The van der Waals surface area contributed by atoms with E-state index in [1.807, 2.05) is 35.0 Å². The Bertz CT molecular complexity index is 1620. The average molecular weight is 555 g/mol. The Labute approximate surface area is 238 Å². The van der Waals surface area contributed by atoms with E-state index in [0.717, 1.165) is 72.8 Å². The van der Waals surface area contributed by atoms with E-state index >= 15 is 0 Å². The van der Waals surface area contributed by atoms with E-state index in [-0.39, 0.29) is 29.2 Å². The van der Waals surface area contributed by atoms with Crippen LogP contribution in [0.2, 0.25) is 0 Å². The fourth-order valence-corrected chi connectivity index (χ4v) is 7.61. The third kappa shape index (κ3) is 4.29. The molecule has 212 valence electrons. The molecule has 4 aromatic rings. The van der Waals surface area contributed by atoms with Crippen LogP contribution >= 0.6 is 0 Å². The van der Waals surface area contributed by atoms with E-state index in [2.05, 4.69) is 28.9 Å². The molecule has 5 atom stereocenters. The SMILES string of the molecule is CN(C(=O)CO)[C@@H]1CCC2C(C1)C2(C)c1cccc(-c2cnc3ccc(N4CCCC4c4cccc(F)c4)nn23)n1. The van der Waals surface area contributed by atoms with Crippen molar-refractivity contribution < 1.29 is 14.3 Å². The molecule has 1 N–H and O–H groups in total. The number of imidazole rings is 1. The van der Waals surface area contributed by atoms with Crippen molar-refractivity contribution in [2.24, 2.45) is 11.8 Å². The number of likely N-dealkylation sites (N-methyl/N-ethyl adjacent to an activating group) is 1. The van der Waals surface area contributed by atoms with Crippen molar-refractivity contribution in [2.75, 3.05) is 25.1 Å². The van der Waals surface area contributed by atoms with Crippen LogP contribution in [-0.4, -0.2) is 61.7 Å². The Hall–Kier alpha value is -3.85. The number of aliphatic hydroxyl groups excluding tert-OH is 1. The lowest BCUT2D eigenvalue weighted by atomic mass is 9.94. The lowest BCUT2D eigenvalue weighted by molar-refractivity contribution is -0.135. The van der Waals surface area contributed by atoms with Crippen LogP contribution in [0.25, 0.3) is 17.0 Å². The minimum absolute atomic E-state index is 0.0410. The van der Waals surface area contributed by atoms with Gasteiger partial charge in [-0.15, -0.1) is 5.10 Å². The number of carbonyl (C=O) groups excluding carboxylic acids is 1. The van der Waals surface area contributed by atoms with Gasteiger partial charge in [0.2, 0.25) is 5.91 Å². The van der Waals surface area contributed by atoms with Gasteiger partial charge in [0.1, 0.15) is 23.9 Å². The number of anilines is 1. The molecule has 1 aromatic carbocycles. The number of hydrogen-bond acceptors (Lipinski definition) is 6. The highest BCUT2D eigenvalue weighted by Gasteiger charge is 2.64. The zero-order chi connectivity index (χ0) is 28.3. The van der Waals surface area contributed by atoms with Crippen LogP contribution in [0.3, 0.4) is 0 Å². The molecule has 41 heavy (non-hydrogen) atoms. The minimum atomic E-state index is -0.444. The molecule has 1 aliphatic heterocycles. The molecule has 0 radical (unpaired) electrons. The van der Waals surface area contributed by atoms with Gasteiger partial charge in [-0.1, -0.05) is 25.1 Å². The van der Waals surface area contributed by atoms with Gasteiger partial charge in [-0.05, 0) is 85.9 Å². The maximum absolute atomic E-state index is 14.0. The fraction of sp³-hybridized carbons (Fsp3) is 0.438. The summed E-state index contributed by atoms with van der Waals surface area (Å²) in [6.07, 6.45) is 6.73. The Morgan fingerprint density at radius 1 is 1.12 bits per heavy atom. The molecule has 3 fully saturated rings. The lowest BCUT2D eigenvalue weighted by Gasteiger charge is -2.30. The summed E-state index contributed by atoms with van der Waals surface area (Å²) in [5, 5.41) is 14.3. The Balaban J connectivity index is 1.17.